The molecule has 1 saturated heterocycles. The smallest absolute Gasteiger partial charge is 0.244 e. The van der Waals surface area contributed by atoms with E-state index < -0.39 is 16.1 Å². The first-order valence-electron chi connectivity index (χ1n) is 9.55. The molecule has 0 spiro atoms. The molecule has 1 aliphatic heterocycles. The predicted molar refractivity (Wildman–Crippen MR) is 105 cm³/mol. The van der Waals surface area contributed by atoms with Crippen LogP contribution in [0.5, 0.6) is 5.75 Å². The fraction of sp³-hybridized carbons (Fsp3) is 0.381. The van der Waals surface area contributed by atoms with Gasteiger partial charge in [-0.15, -0.1) is 0 Å². The lowest BCUT2D eigenvalue weighted by molar-refractivity contribution is -0.124. The molecular formula is C21H24N2O4S. The van der Waals surface area contributed by atoms with Crippen LogP contribution in [0.15, 0.2) is 59.5 Å². The highest BCUT2D eigenvalue weighted by Gasteiger charge is 2.46. The molecule has 1 heterocycles. The maximum absolute atomic E-state index is 13.4. The van der Waals surface area contributed by atoms with Crippen molar-refractivity contribution in [3.8, 4) is 5.75 Å². The van der Waals surface area contributed by atoms with Crippen LogP contribution in [0.4, 0.5) is 0 Å². The van der Waals surface area contributed by atoms with Gasteiger partial charge in [-0.25, -0.2) is 8.42 Å². The number of nitrogens with one attached hydrogen (secondary N) is 1. The number of ether oxygens (including phenoxy) is 1. The number of sulfonamides is 1. The van der Waals surface area contributed by atoms with Crippen LogP contribution in [-0.4, -0.2) is 43.4 Å². The van der Waals surface area contributed by atoms with Crippen LogP contribution < -0.4 is 10.1 Å². The molecular weight excluding hydrogens is 376 g/mol. The highest BCUT2D eigenvalue weighted by atomic mass is 32.2. The van der Waals surface area contributed by atoms with Crippen LogP contribution in [-0.2, 0) is 14.8 Å². The lowest BCUT2D eigenvalue weighted by Crippen LogP contribution is -2.46. The van der Waals surface area contributed by atoms with E-state index >= 15 is 0 Å². The van der Waals surface area contributed by atoms with Gasteiger partial charge in [-0.05, 0) is 43.5 Å². The summed E-state index contributed by atoms with van der Waals surface area (Å²) in [7, 11) is -3.81. The van der Waals surface area contributed by atoms with Crippen molar-refractivity contribution in [2.75, 3.05) is 6.54 Å². The maximum Gasteiger partial charge on any atom is 0.244 e. The topological polar surface area (TPSA) is 75.7 Å². The zero-order chi connectivity index (χ0) is 19.7. The molecule has 2 aliphatic rings. The first-order valence-corrected chi connectivity index (χ1v) is 11.0. The standard InChI is InChI=1S/C21H24N2O4S/c1-15-7-5-6-10-20(15)28(25,26)23-14-18(27-17-8-3-2-4-9-17)13-19(23)21(24)22-16-11-12-16/h2-10,16,18-19H,11-14H2,1H3,(H,22,24)/t18-,19-/m0/s1. The summed E-state index contributed by atoms with van der Waals surface area (Å²) in [5.41, 5.74) is 0.663. The van der Waals surface area contributed by atoms with Crippen molar-refractivity contribution in [3.63, 3.8) is 0 Å². The van der Waals surface area contributed by atoms with Crippen LogP contribution in [0.1, 0.15) is 24.8 Å². The Morgan fingerprint density at radius 2 is 1.75 bits per heavy atom. The Morgan fingerprint density at radius 3 is 2.43 bits per heavy atom. The normalized spacial score (nSPS) is 22.8. The number of benzene rings is 2. The van der Waals surface area contributed by atoms with E-state index in [9.17, 15) is 13.2 Å². The Kier molecular flexibility index (Phi) is 5.12. The van der Waals surface area contributed by atoms with Crippen molar-refractivity contribution in [3.05, 3.63) is 60.2 Å². The number of hydrogen-bond donors (Lipinski definition) is 1. The summed E-state index contributed by atoms with van der Waals surface area (Å²) in [5.74, 6) is 0.433. The number of hydrogen-bond acceptors (Lipinski definition) is 4. The third kappa shape index (κ3) is 3.91. The summed E-state index contributed by atoms with van der Waals surface area (Å²) >= 11 is 0. The van der Waals surface area contributed by atoms with Crippen molar-refractivity contribution in [1.29, 1.82) is 0 Å². The molecule has 0 unspecified atom stereocenters. The van der Waals surface area contributed by atoms with Crippen molar-refractivity contribution in [2.45, 2.75) is 49.3 Å². The van der Waals surface area contributed by atoms with Gasteiger partial charge in [0.05, 0.1) is 11.4 Å². The minimum atomic E-state index is -3.81. The Morgan fingerprint density at radius 1 is 1.07 bits per heavy atom. The molecule has 2 atom stereocenters. The Bertz CT molecular complexity index is 957. The van der Waals surface area contributed by atoms with Gasteiger partial charge in [0.25, 0.3) is 0 Å². The number of nitrogens with zero attached hydrogens (tertiary/aromatic N) is 1. The van der Waals surface area contributed by atoms with E-state index in [0.29, 0.717) is 17.7 Å². The highest BCUT2D eigenvalue weighted by molar-refractivity contribution is 7.89. The summed E-state index contributed by atoms with van der Waals surface area (Å²) in [6, 6.07) is 15.5. The third-order valence-electron chi connectivity index (χ3n) is 5.17. The van der Waals surface area contributed by atoms with E-state index in [2.05, 4.69) is 5.32 Å². The van der Waals surface area contributed by atoms with Crippen LogP contribution in [0.25, 0.3) is 0 Å². The maximum atomic E-state index is 13.4. The zero-order valence-corrected chi connectivity index (χ0v) is 16.6. The monoisotopic (exact) mass is 400 g/mol. The van der Waals surface area contributed by atoms with Gasteiger partial charge < -0.3 is 10.1 Å². The number of rotatable bonds is 6. The average molecular weight is 401 g/mol. The average Bonchev–Trinajstić information content (AvgIpc) is 3.38. The molecule has 148 valence electrons. The fourth-order valence-electron chi connectivity index (χ4n) is 3.55. The van der Waals surface area contributed by atoms with Gasteiger partial charge in [0.2, 0.25) is 15.9 Å². The van der Waals surface area contributed by atoms with Crippen molar-refractivity contribution < 1.29 is 17.9 Å². The van der Waals surface area contributed by atoms with Crippen LogP contribution in [0.2, 0.25) is 0 Å². The third-order valence-corrected chi connectivity index (χ3v) is 7.20. The van der Waals surface area contributed by atoms with Gasteiger partial charge in [0, 0.05) is 12.5 Å². The molecule has 2 aromatic rings. The van der Waals surface area contributed by atoms with Gasteiger partial charge in [0.1, 0.15) is 17.9 Å². The number of carbonyl (C=O) groups is 1. The van der Waals surface area contributed by atoms with Crippen molar-refractivity contribution in [2.24, 2.45) is 0 Å². The molecule has 2 fully saturated rings. The highest BCUT2D eigenvalue weighted by Crippen LogP contribution is 2.31. The number of amides is 1. The number of aryl methyl sites for hydroxylation is 1. The van der Waals surface area contributed by atoms with Gasteiger partial charge in [0.15, 0.2) is 0 Å². The molecule has 0 aromatic heterocycles. The van der Waals surface area contributed by atoms with Gasteiger partial charge >= 0.3 is 0 Å². The largest absolute Gasteiger partial charge is 0.489 e. The second kappa shape index (κ2) is 7.56. The van der Waals surface area contributed by atoms with E-state index in [-0.39, 0.29) is 29.5 Å². The quantitative estimate of drug-likeness (QED) is 0.808. The van der Waals surface area contributed by atoms with Crippen LogP contribution in [0, 0.1) is 6.92 Å². The molecule has 6 nitrogen and oxygen atoms in total. The van der Waals surface area contributed by atoms with E-state index in [1.54, 1.807) is 31.2 Å². The lowest BCUT2D eigenvalue weighted by atomic mass is 10.2. The second-order valence-corrected chi connectivity index (χ2v) is 9.29. The second-order valence-electron chi connectivity index (χ2n) is 7.43. The molecule has 1 amide bonds. The Balaban J connectivity index is 1.61. The van der Waals surface area contributed by atoms with Gasteiger partial charge in [-0.3, -0.25) is 4.79 Å². The summed E-state index contributed by atoms with van der Waals surface area (Å²) < 4.78 is 34.0. The van der Waals surface area contributed by atoms with E-state index in [1.165, 1.54) is 4.31 Å². The van der Waals surface area contributed by atoms with Crippen molar-refractivity contribution in [1.82, 2.24) is 9.62 Å². The molecule has 1 aliphatic carbocycles. The zero-order valence-electron chi connectivity index (χ0n) is 15.7. The number of para-hydroxylation sites is 1. The van der Waals surface area contributed by atoms with Crippen LogP contribution >= 0.6 is 0 Å². The minimum absolute atomic E-state index is 0.147. The van der Waals surface area contributed by atoms with Gasteiger partial charge in [-0.2, -0.15) is 4.31 Å². The first kappa shape index (κ1) is 19.0. The Labute approximate surface area is 165 Å². The predicted octanol–water partition coefficient (Wildman–Crippen LogP) is 2.48. The molecule has 0 radical (unpaired) electrons. The lowest BCUT2D eigenvalue weighted by Gasteiger charge is -2.23. The number of carbonyl (C=O) groups excluding carboxylic acids is 1. The summed E-state index contributed by atoms with van der Waals surface area (Å²) in [6.07, 6.45) is 1.86. The Hall–Kier alpha value is -2.38. The summed E-state index contributed by atoms with van der Waals surface area (Å²) in [6.45, 7) is 1.91. The van der Waals surface area contributed by atoms with E-state index in [4.69, 9.17) is 4.74 Å². The summed E-state index contributed by atoms with van der Waals surface area (Å²) in [5, 5.41) is 2.95. The molecule has 0 bridgehead atoms. The minimum Gasteiger partial charge on any atom is -0.489 e. The van der Waals surface area contributed by atoms with Gasteiger partial charge in [-0.1, -0.05) is 36.4 Å². The molecule has 28 heavy (non-hydrogen) atoms. The molecule has 2 aromatic carbocycles. The molecule has 7 heteroatoms. The van der Waals surface area contributed by atoms with E-state index in [1.807, 2.05) is 30.3 Å². The first-order chi connectivity index (χ1) is 13.4. The van der Waals surface area contributed by atoms with E-state index in [0.717, 1.165) is 12.8 Å². The fourth-order valence-corrected chi connectivity index (χ4v) is 5.40. The molecule has 1 saturated carbocycles. The van der Waals surface area contributed by atoms with Crippen LogP contribution in [0.3, 0.4) is 0 Å². The molecule has 1 N–H and O–H groups in total. The van der Waals surface area contributed by atoms with Crippen molar-refractivity contribution >= 4 is 15.9 Å². The summed E-state index contributed by atoms with van der Waals surface area (Å²) in [4.78, 5) is 13.0. The SMILES string of the molecule is Cc1ccccc1S(=O)(=O)N1C[C@@H](Oc2ccccc2)C[C@H]1C(=O)NC1CC1. The molecule has 4 rings (SSSR count).